The van der Waals surface area contributed by atoms with Crippen LogP contribution in [-0.4, -0.2) is 28.3 Å². The summed E-state index contributed by atoms with van der Waals surface area (Å²) in [5.41, 5.74) is 1.01. The van der Waals surface area contributed by atoms with Crippen molar-refractivity contribution in [1.82, 2.24) is 10.6 Å². The van der Waals surface area contributed by atoms with Crippen LogP contribution in [0.4, 0.5) is 0 Å². The first-order valence-electron chi connectivity index (χ1n) is 5.22. The first-order valence-corrected chi connectivity index (χ1v) is 6.87. The second-order valence-electron chi connectivity index (χ2n) is 3.48. The van der Waals surface area contributed by atoms with Gasteiger partial charge in [0.1, 0.15) is 0 Å². The Morgan fingerprint density at radius 1 is 1.12 bits per heavy atom. The Kier molecular flexibility index (Phi) is 4.46. The molecule has 1 aromatic carbocycles. The Bertz CT molecular complexity index is 422. The predicted octanol–water partition coefficient (Wildman–Crippen LogP) is 0.918. The second kappa shape index (κ2) is 5.43. The summed E-state index contributed by atoms with van der Waals surface area (Å²) >= 11 is 0. The molecule has 0 aliphatic heterocycles. The maximum absolute atomic E-state index is 11.6. The summed E-state index contributed by atoms with van der Waals surface area (Å²) < 4.78 is 23.2. The number of rotatable bonds is 5. The molecule has 0 aliphatic rings. The summed E-state index contributed by atoms with van der Waals surface area (Å²) in [6, 6.07) is 6.94. The minimum Gasteiger partial charge on any atom is -0.301 e. The lowest BCUT2D eigenvalue weighted by Gasteiger charge is -2.15. The van der Waals surface area contributed by atoms with Crippen LogP contribution in [0, 0.1) is 0 Å². The van der Waals surface area contributed by atoms with Crippen molar-refractivity contribution in [3.05, 3.63) is 29.8 Å². The highest BCUT2D eigenvalue weighted by Crippen LogP contribution is 2.15. The quantitative estimate of drug-likeness (QED) is 0.754. The van der Waals surface area contributed by atoms with E-state index in [-0.39, 0.29) is 11.9 Å². The molecule has 0 spiro atoms. The first-order chi connectivity index (χ1) is 7.55. The van der Waals surface area contributed by atoms with E-state index >= 15 is 0 Å². The van der Waals surface area contributed by atoms with E-state index in [9.17, 15) is 8.42 Å². The van der Waals surface area contributed by atoms with Crippen LogP contribution in [0.15, 0.2) is 29.2 Å². The number of sulfone groups is 1. The Balaban J connectivity index is 3.00. The number of benzene rings is 1. The van der Waals surface area contributed by atoms with E-state index in [4.69, 9.17) is 0 Å². The maximum atomic E-state index is 11.6. The van der Waals surface area contributed by atoms with Crippen LogP contribution in [0.5, 0.6) is 0 Å². The third-order valence-corrected chi connectivity index (χ3v) is 4.28. The average Bonchev–Trinajstić information content (AvgIpc) is 2.31. The van der Waals surface area contributed by atoms with E-state index in [1.807, 2.05) is 26.2 Å². The number of hydrogen-bond donors (Lipinski definition) is 2. The van der Waals surface area contributed by atoms with Gasteiger partial charge in [0.05, 0.1) is 16.8 Å². The van der Waals surface area contributed by atoms with Crippen LogP contribution in [-0.2, 0) is 9.84 Å². The Morgan fingerprint density at radius 2 is 1.62 bits per heavy atom. The molecule has 4 nitrogen and oxygen atoms in total. The Labute approximate surface area is 97.0 Å². The largest absolute Gasteiger partial charge is 0.301 e. The van der Waals surface area contributed by atoms with Crippen LogP contribution >= 0.6 is 0 Å². The molecular weight excluding hydrogens is 224 g/mol. The van der Waals surface area contributed by atoms with Gasteiger partial charge in [-0.1, -0.05) is 19.1 Å². The molecule has 5 heteroatoms. The molecule has 0 aromatic heterocycles. The zero-order valence-corrected chi connectivity index (χ0v) is 10.6. The van der Waals surface area contributed by atoms with Crippen molar-refractivity contribution in [2.45, 2.75) is 18.0 Å². The summed E-state index contributed by atoms with van der Waals surface area (Å²) in [4.78, 5) is 0.379. The van der Waals surface area contributed by atoms with E-state index in [1.165, 1.54) is 0 Å². The highest BCUT2D eigenvalue weighted by atomic mass is 32.2. The van der Waals surface area contributed by atoms with E-state index in [1.54, 1.807) is 19.1 Å². The molecule has 0 radical (unpaired) electrons. The molecular formula is C11H18N2O2S. The van der Waals surface area contributed by atoms with Gasteiger partial charge in [0, 0.05) is 0 Å². The molecule has 0 heterocycles. The molecule has 0 atom stereocenters. The van der Waals surface area contributed by atoms with Crippen molar-refractivity contribution >= 4 is 9.84 Å². The van der Waals surface area contributed by atoms with Gasteiger partial charge < -0.3 is 10.6 Å². The van der Waals surface area contributed by atoms with E-state index in [2.05, 4.69) is 10.6 Å². The van der Waals surface area contributed by atoms with Crippen molar-refractivity contribution < 1.29 is 8.42 Å². The third-order valence-electron chi connectivity index (χ3n) is 2.53. The summed E-state index contributed by atoms with van der Waals surface area (Å²) in [5, 5.41) is 6.16. The smallest absolute Gasteiger partial charge is 0.178 e. The minimum absolute atomic E-state index is 0.0402. The lowest BCUT2D eigenvalue weighted by Crippen LogP contribution is -2.28. The van der Waals surface area contributed by atoms with Crippen LogP contribution < -0.4 is 10.6 Å². The van der Waals surface area contributed by atoms with Crippen LogP contribution in [0.2, 0.25) is 0 Å². The van der Waals surface area contributed by atoms with E-state index < -0.39 is 9.84 Å². The molecule has 0 saturated carbocycles. The SMILES string of the molecule is CCS(=O)(=O)c1ccc(C(NC)NC)cc1. The highest BCUT2D eigenvalue weighted by Gasteiger charge is 2.12. The summed E-state index contributed by atoms with van der Waals surface area (Å²) in [6.45, 7) is 1.65. The molecule has 1 rings (SSSR count). The van der Waals surface area contributed by atoms with Crippen molar-refractivity contribution in [3.63, 3.8) is 0 Å². The normalized spacial score (nSPS) is 12.0. The molecule has 0 amide bonds. The van der Waals surface area contributed by atoms with Gasteiger partial charge in [0.2, 0.25) is 0 Å². The van der Waals surface area contributed by atoms with Gasteiger partial charge in [-0.3, -0.25) is 0 Å². The van der Waals surface area contributed by atoms with Crippen LogP contribution in [0.3, 0.4) is 0 Å². The summed E-state index contributed by atoms with van der Waals surface area (Å²) in [7, 11) is 0.595. The minimum atomic E-state index is -3.09. The first kappa shape index (κ1) is 13.2. The van der Waals surface area contributed by atoms with Gasteiger partial charge in [-0.15, -0.1) is 0 Å². The molecule has 0 bridgehead atoms. The fourth-order valence-corrected chi connectivity index (χ4v) is 2.40. The number of hydrogen-bond acceptors (Lipinski definition) is 4. The molecule has 0 fully saturated rings. The molecule has 2 N–H and O–H groups in total. The van der Waals surface area contributed by atoms with E-state index in [0.29, 0.717) is 4.90 Å². The van der Waals surface area contributed by atoms with Gasteiger partial charge in [-0.2, -0.15) is 0 Å². The van der Waals surface area contributed by atoms with Crippen LogP contribution in [0.25, 0.3) is 0 Å². The fraction of sp³-hybridized carbons (Fsp3) is 0.455. The molecule has 16 heavy (non-hydrogen) atoms. The molecule has 0 saturated heterocycles. The zero-order chi connectivity index (χ0) is 12.2. The van der Waals surface area contributed by atoms with Gasteiger partial charge >= 0.3 is 0 Å². The van der Waals surface area contributed by atoms with Crippen molar-refractivity contribution in [2.75, 3.05) is 19.8 Å². The molecule has 0 unspecified atom stereocenters. The topological polar surface area (TPSA) is 58.2 Å². The predicted molar refractivity (Wildman–Crippen MR) is 65.0 cm³/mol. The van der Waals surface area contributed by atoms with Crippen LogP contribution in [0.1, 0.15) is 18.7 Å². The lowest BCUT2D eigenvalue weighted by atomic mass is 10.2. The van der Waals surface area contributed by atoms with Gasteiger partial charge in [-0.25, -0.2) is 8.42 Å². The van der Waals surface area contributed by atoms with Gasteiger partial charge in [-0.05, 0) is 31.8 Å². The molecule has 1 aromatic rings. The molecule has 90 valence electrons. The third kappa shape index (κ3) is 2.81. The Morgan fingerprint density at radius 3 is 2.00 bits per heavy atom. The monoisotopic (exact) mass is 242 g/mol. The summed E-state index contributed by atoms with van der Waals surface area (Å²) in [6.07, 6.45) is 0.0402. The summed E-state index contributed by atoms with van der Waals surface area (Å²) in [5.74, 6) is 0.133. The standard InChI is InChI=1S/C11H18N2O2S/c1-4-16(14,15)10-7-5-9(6-8-10)11(12-2)13-3/h5-8,11-13H,4H2,1-3H3. The zero-order valence-electron chi connectivity index (χ0n) is 9.82. The highest BCUT2D eigenvalue weighted by molar-refractivity contribution is 7.91. The Hall–Kier alpha value is -0.910. The maximum Gasteiger partial charge on any atom is 0.178 e. The second-order valence-corrected chi connectivity index (χ2v) is 5.76. The van der Waals surface area contributed by atoms with Gasteiger partial charge in [0.25, 0.3) is 0 Å². The van der Waals surface area contributed by atoms with Crippen molar-refractivity contribution in [3.8, 4) is 0 Å². The molecule has 0 aliphatic carbocycles. The van der Waals surface area contributed by atoms with Crippen molar-refractivity contribution in [1.29, 1.82) is 0 Å². The average molecular weight is 242 g/mol. The fourth-order valence-electron chi connectivity index (χ4n) is 1.51. The van der Waals surface area contributed by atoms with E-state index in [0.717, 1.165) is 5.56 Å². The number of nitrogens with one attached hydrogen (secondary N) is 2. The van der Waals surface area contributed by atoms with Crippen molar-refractivity contribution in [2.24, 2.45) is 0 Å². The van der Waals surface area contributed by atoms with Gasteiger partial charge in [0.15, 0.2) is 9.84 Å². The lowest BCUT2D eigenvalue weighted by molar-refractivity contribution is 0.519.